The van der Waals surface area contributed by atoms with E-state index in [9.17, 15) is 4.79 Å². The quantitative estimate of drug-likeness (QED) is 0.578. The van der Waals surface area contributed by atoms with Gasteiger partial charge in [0.1, 0.15) is 11.5 Å². The maximum absolute atomic E-state index is 13.3. The summed E-state index contributed by atoms with van der Waals surface area (Å²) in [5, 5.41) is 0. The van der Waals surface area contributed by atoms with Crippen LogP contribution in [0.1, 0.15) is 16.7 Å². The number of methoxy groups -OCH3 is 2. The van der Waals surface area contributed by atoms with Crippen LogP contribution >= 0.6 is 0 Å². The highest BCUT2D eigenvalue weighted by Crippen LogP contribution is 2.31. The summed E-state index contributed by atoms with van der Waals surface area (Å²) < 4.78 is 10.7. The standard InChI is InChI=1S/C25H22N2O3/c1-17-9-12-20(13-10-17)27-24(19-7-5-4-6-8-19)26-21(25(27)28)15-18-11-14-22(29-2)23(16-18)30-3/h4-16H,1-3H3/b21-15+. The molecule has 0 unspecified atom stereocenters. The van der Waals surface area contributed by atoms with Gasteiger partial charge in [0, 0.05) is 5.56 Å². The SMILES string of the molecule is COc1ccc(/C=C2/N=C(c3ccccc3)N(c3ccc(C)cc3)C2=O)cc1OC. The van der Waals surface area contributed by atoms with Crippen LogP contribution < -0.4 is 14.4 Å². The molecule has 5 heteroatoms. The Kier molecular flexibility index (Phi) is 5.35. The molecule has 0 aliphatic carbocycles. The van der Waals surface area contributed by atoms with Crippen LogP contribution in [0, 0.1) is 6.92 Å². The fourth-order valence-electron chi connectivity index (χ4n) is 3.33. The molecule has 1 aliphatic heterocycles. The van der Waals surface area contributed by atoms with E-state index in [2.05, 4.69) is 0 Å². The lowest BCUT2D eigenvalue weighted by Gasteiger charge is -2.18. The van der Waals surface area contributed by atoms with Gasteiger partial charge in [-0.05, 0) is 42.8 Å². The molecule has 0 atom stereocenters. The number of rotatable bonds is 5. The molecule has 3 aromatic carbocycles. The van der Waals surface area contributed by atoms with Gasteiger partial charge in [0.25, 0.3) is 5.91 Å². The van der Waals surface area contributed by atoms with E-state index in [1.165, 1.54) is 0 Å². The van der Waals surface area contributed by atoms with Crippen molar-refractivity contribution in [3.8, 4) is 11.5 Å². The number of amides is 1. The Labute approximate surface area is 175 Å². The van der Waals surface area contributed by atoms with Crippen molar-refractivity contribution in [3.63, 3.8) is 0 Å². The molecule has 0 radical (unpaired) electrons. The molecule has 0 aromatic heterocycles. The third-order valence-electron chi connectivity index (χ3n) is 4.90. The molecule has 0 saturated carbocycles. The van der Waals surface area contributed by atoms with E-state index in [4.69, 9.17) is 14.5 Å². The molecule has 1 aliphatic rings. The monoisotopic (exact) mass is 398 g/mol. The van der Waals surface area contributed by atoms with E-state index in [0.717, 1.165) is 22.4 Å². The lowest BCUT2D eigenvalue weighted by molar-refractivity contribution is -0.113. The van der Waals surface area contributed by atoms with Crippen molar-refractivity contribution in [2.45, 2.75) is 6.92 Å². The lowest BCUT2D eigenvalue weighted by Crippen LogP contribution is -2.32. The van der Waals surface area contributed by atoms with Crippen LogP contribution in [0.5, 0.6) is 11.5 Å². The van der Waals surface area contributed by atoms with Gasteiger partial charge in [-0.3, -0.25) is 9.69 Å². The zero-order chi connectivity index (χ0) is 21.1. The summed E-state index contributed by atoms with van der Waals surface area (Å²) in [6.45, 7) is 2.02. The first kappa shape index (κ1) is 19.5. The number of nitrogens with zero attached hydrogens (tertiary/aromatic N) is 2. The molecule has 0 N–H and O–H groups in total. The maximum atomic E-state index is 13.3. The summed E-state index contributed by atoms with van der Waals surface area (Å²) >= 11 is 0. The third-order valence-corrected chi connectivity index (χ3v) is 4.90. The number of aryl methyl sites for hydroxylation is 1. The minimum absolute atomic E-state index is 0.174. The van der Waals surface area contributed by atoms with Gasteiger partial charge in [-0.1, -0.05) is 54.1 Å². The largest absolute Gasteiger partial charge is 0.493 e. The Morgan fingerprint density at radius 2 is 1.57 bits per heavy atom. The summed E-state index contributed by atoms with van der Waals surface area (Å²) in [6.07, 6.45) is 1.77. The van der Waals surface area contributed by atoms with Crippen LogP contribution in [0.25, 0.3) is 6.08 Å². The average molecular weight is 398 g/mol. The van der Waals surface area contributed by atoms with Crippen LogP contribution in [0.4, 0.5) is 5.69 Å². The van der Waals surface area contributed by atoms with Gasteiger partial charge in [0.15, 0.2) is 11.5 Å². The highest BCUT2D eigenvalue weighted by atomic mass is 16.5. The van der Waals surface area contributed by atoms with E-state index >= 15 is 0 Å². The predicted molar refractivity (Wildman–Crippen MR) is 119 cm³/mol. The second-order valence-electron chi connectivity index (χ2n) is 6.92. The van der Waals surface area contributed by atoms with Crippen molar-refractivity contribution in [1.82, 2.24) is 0 Å². The lowest BCUT2D eigenvalue weighted by atomic mass is 10.1. The molecule has 0 bridgehead atoms. The van der Waals surface area contributed by atoms with Crippen molar-refractivity contribution in [3.05, 3.63) is 95.2 Å². The van der Waals surface area contributed by atoms with Crippen molar-refractivity contribution in [2.24, 2.45) is 4.99 Å². The topological polar surface area (TPSA) is 51.1 Å². The van der Waals surface area contributed by atoms with Crippen LogP contribution in [0.15, 0.2) is 83.5 Å². The number of amidine groups is 1. The first-order valence-electron chi connectivity index (χ1n) is 9.59. The molecular weight excluding hydrogens is 376 g/mol. The molecule has 5 nitrogen and oxygen atoms in total. The zero-order valence-electron chi connectivity index (χ0n) is 17.1. The number of benzene rings is 3. The third kappa shape index (κ3) is 3.70. The second kappa shape index (κ2) is 8.25. The van der Waals surface area contributed by atoms with Gasteiger partial charge < -0.3 is 9.47 Å². The molecule has 0 spiro atoms. The summed E-state index contributed by atoms with van der Waals surface area (Å²) in [7, 11) is 3.17. The van der Waals surface area contributed by atoms with E-state index in [0.29, 0.717) is 23.0 Å². The van der Waals surface area contributed by atoms with Gasteiger partial charge in [0.2, 0.25) is 0 Å². The van der Waals surface area contributed by atoms with Crippen molar-refractivity contribution in [1.29, 1.82) is 0 Å². The van der Waals surface area contributed by atoms with Crippen molar-refractivity contribution in [2.75, 3.05) is 19.1 Å². The Bertz CT molecular complexity index is 1130. The Hall–Kier alpha value is -3.86. The molecule has 1 heterocycles. The number of ether oxygens (including phenoxy) is 2. The van der Waals surface area contributed by atoms with E-state index in [1.54, 1.807) is 25.2 Å². The first-order valence-corrected chi connectivity index (χ1v) is 9.59. The van der Waals surface area contributed by atoms with E-state index in [1.807, 2.05) is 79.7 Å². The summed E-state index contributed by atoms with van der Waals surface area (Å²) in [4.78, 5) is 19.7. The van der Waals surface area contributed by atoms with Crippen LogP contribution in [-0.4, -0.2) is 26.0 Å². The molecule has 150 valence electrons. The Morgan fingerprint density at radius 3 is 2.23 bits per heavy atom. The van der Waals surface area contributed by atoms with Gasteiger partial charge >= 0.3 is 0 Å². The van der Waals surface area contributed by atoms with Crippen molar-refractivity contribution < 1.29 is 14.3 Å². The molecule has 0 fully saturated rings. The average Bonchev–Trinajstić information content (AvgIpc) is 3.10. The fraction of sp³-hybridized carbons (Fsp3) is 0.120. The minimum atomic E-state index is -0.174. The predicted octanol–water partition coefficient (Wildman–Crippen LogP) is 4.85. The van der Waals surface area contributed by atoms with Crippen LogP contribution in [0.3, 0.4) is 0 Å². The molecule has 1 amide bonds. The van der Waals surface area contributed by atoms with Gasteiger partial charge in [-0.25, -0.2) is 4.99 Å². The molecule has 4 rings (SSSR count). The highest BCUT2D eigenvalue weighted by Gasteiger charge is 2.32. The van der Waals surface area contributed by atoms with E-state index < -0.39 is 0 Å². The van der Waals surface area contributed by atoms with Gasteiger partial charge in [-0.2, -0.15) is 0 Å². The number of carbonyl (C=O) groups is 1. The number of hydrogen-bond donors (Lipinski definition) is 0. The number of hydrogen-bond acceptors (Lipinski definition) is 4. The molecule has 0 saturated heterocycles. The Balaban J connectivity index is 1.79. The summed E-state index contributed by atoms with van der Waals surface area (Å²) in [5.74, 6) is 1.66. The zero-order valence-corrected chi connectivity index (χ0v) is 17.1. The number of carbonyl (C=O) groups excluding carboxylic acids is 1. The van der Waals surface area contributed by atoms with Crippen LogP contribution in [-0.2, 0) is 4.79 Å². The second-order valence-corrected chi connectivity index (χ2v) is 6.92. The maximum Gasteiger partial charge on any atom is 0.282 e. The minimum Gasteiger partial charge on any atom is -0.493 e. The highest BCUT2D eigenvalue weighted by molar-refractivity contribution is 6.33. The summed E-state index contributed by atoms with van der Waals surface area (Å²) in [6, 6.07) is 23.1. The van der Waals surface area contributed by atoms with Crippen molar-refractivity contribution >= 4 is 23.5 Å². The van der Waals surface area contributed by atoms with Gasteiger partial charge in [-0.15, -0.1) is 0 Å². The van der Waals surface area contributed by atoms with Gasteiger partial charge in [0.05, 0.1) is 19.9 Å². The number of aliphatic imine (C=N–C) groups is 1. The fourth-order valence-corrected chi connectivity index (χ4v) is 3.33. The normalized spacial score (nSPS) is 14.8. The molecule has 30 heavy (non-hydrogen) atoms. The smallest absolute Gasteiger partial charge is 0.282 e. The molecule has 3 aromatic rings. The first-order chi connectivity index (χ1) is 14.6. The summed E-state index contributed by atoms with van der Waals surface area (Å²) in [5.41, 5.74) is 3.95. The number of anilines is 1. The van der Waals surface area contributed by atoms with Crippen LogP contribution in [0.2, 0.25) is 0 Å². The van der Waals surface area contributed by atoms with E-state index in [-0.39, 0.29) is 5.91 Å². The Morgan fingerprint density at radius 1 is 0.867 bits per heavy atom. The molecular formula is C25H22N2O3.